The van der Waals surface area contributed by atoms with Crippen LogP contribution < -0.4 is 11.1 Å². The number of likely N-dealkylation sites (tertiary alicyclic amines) is 1. The van der Waals surface area contributed by atoms with Gasteiger partial charge in [-0.25, -0.2) is 4.79 Å². The molecule has 0 unspecified atom stereocenters. The van der Waals surface area contributed by atoms with Gasteiger partial charge in [-0.05, 0) is 56.9 Å². The van der Waals surface area contributed by atoms with Gasteiger partial charge in [0.05, 0.1) is 5.52 Å². The zero-order valence-corrected chi connectivity index (χ0v) is 15.2. The first-order valence-electron chi connectivity index (χ1n) is 8.84. The smallest absolute Gasteiger partial charge is 0.408 e. The quantitative estimate of drug-likeness (QED) is 0.854. The minimum atomic E-state index is -0.541. The van der Waals surface area contributed by atoms with E-state index >= 15 is 0 Å². The highest BCUT2D eigenvalue weighted by molar-refractivity contribution is 6.31. The molecule has 1 aliphatic heterocycles. The third-order valence-electron chi connectivity index (χ3n) is 4.77. The summed E-state index contributed by atoms with van der Waals surface area (Å²) in [5, 5.41) is 3.45. The Hall–Kier alpha value is -1.79. The number of fused-ring (bicyclic) bond motifs is 1. The Morgan fingerprint density at radius 3 is 2.84 bits per heavy atom. The second-order valence-corrected chi connectivity index (χ2v) is 7.09. The van der Waals surface area contributed by atoms with Gasteiger partial charge in [-0.15, -0.1) is 0 Å². The van der Waals surface area contributed by atoms with E-state index in [1.54, 1.807) is 18.2 Å². The molecule has 1 saturated heterocycles. The highest BCUT2D eigenvalue weighted by Gasteiger charge is 2.19. The minimum absolute atomic E-state index is 0.0395. The Bertz CT molecular complexity index is 790. The van der Waals surface area contributed by atoms with Crippen molar-refractivity contribution in [3.8, 4) is 0 Å². The second-order valence-electron chi connectivity index (χ2n) is 6.66. The molecule has 136 valence electrons. The predicted molar refractivity (Wildman–Crippen MR) is 97.9 cm³/mol. The van der Waals surface area contributed by atoms with Crippen molar-refractivity contribution in [3.05, 3.63) is 33.8 Å². The van der Waals surface area contributed by atoms with Crippen molar-refractivity contribution in [1.29, 1.82) is 0 Å². The lowest BCUT2D eigenvalue weighted by Crippen LogP contribution is -2.40. The van der Waals surface area contributed by atoms with E-state index in [1.165, 1.54) is 11.0 Å². The molecule has 2 heterocycles. The SMILES string of the molecule is CCCN1CCC(CNC(=O)Cn2c(=O)oc3cc(Cl)ccc32)CC1. The molecule has 0 spiro atoms. The van der Waals surface area contributed by atoms with Crippen LogP contribution in [0.25, 0.3) is 11.1 Å². The number of aromatic nitrogens is 1. The van der Waals surface area contributed by atoms with Gasteiger partial charge in [0.1, 0.15) is 6.54 Å². The summed E-state index contributed by atoms with van der Waals surface area (Å²) in [5.74, 6) is -0.204. The second kappa shape index (κ2) is 8.06. The number of nitrogens with one attached hydrogen (secondary N) is 1. The van der Waals surface area contributed by atoms with E-state index in [0.29, 0.717) is 28.6 Å². The van der Waals surface area contributed by atoms with Crippen LogP contribution in [-0.2, 0) is 11.3 Å². The summed E-state index contributed by atoms with van der Waals surface area (Å²) in [4.78, 5) is 26.7. The average Bonchev–Trinajstić information content (AvgIpc) is 2.89. The number of nitrogens with zero attached hydrogens (tertiary/aromatic N) is 2. The number of hydrogen-bond acceptors (Lipinski definition) is 4. The Balaban J connectivity index is 1.54. The van der Waals surface area contributed by atoms with Gasteiger partial charge in [-0.3, -0.25) is 9.36 Å². The van der Waals surface area contributed by atoms with Crippen LogP contribution in [0.3, 0.4) is 0 Å². The first-order valence-corrected chi connectivity index (χ1v) is 9.22. The maximum atomic E-state index is 12.2. The lowest BCUT2D eigenvalue weighted by atomic mass is 9.96. The molecule has 1 aromatic carbocycles. The van der Waals surface area contributed by atoms with Gasteiger partial charge in [0.15, 0.2) is 5.58 Å². The normalized spacial score (nSPS) is 16.4. The van der Waals surface area contributed by atoms with E-state index in [9.17, 15) is 9.59 Å². The number of carbonyl (C=O) groups excluding carboxylic acids is 1. The molecule has 7 heteroatoms. The van der Waals surface area contributed by atoms with Crippen molar-refractivity contribution in [2.45, 2.75) is 32.7 Å². The van der Waals surface area contributed by atoms with Crippen molar-refractivity contribution < 1.29 is 9.21 Å². The van der Waals surface area contributed by atoms with Gasteiger partial charge in [0, 0.05) is 17.6 Å². The number of hydrogen-bond donors (Lipinski definition) is 1. The fourth-order valence-corrected chi connectivity index (χ4v) is 3.54. The molecular formula is C18H24ClN3O3. The van der Waals surface area contributed by atoms with Crippen LogP contribution in [0.2, 0.25) is 5.02 Å². The number of rotatable bonds is 6. The molecule has 25 heavy (non-hydrogen) atoms. The number of carbonyl (C=O) groups is 1. The van der Waals surface area contributed by atoms with E-state index < -0.39 is 5.76 Å². The predicted octanol–water partition coefficient (Wildman–Crippen LogP) is 2.49. The first kappa shape index (κ1) is 18.0. The van der Waals surface area contributed by atoms with Gasteiger partial charge in [-0.2, -0.15) is 0 Å². The van der Waals surface area contributed by atoms with Crippen LogP contribution in [0.4, 0.5) is 0 Å². The van der Waals surface area contributed by atoms with E-state index in [1.807, 2.05) is 0 Å². The number of benzene rings is 1. The van der Waals surface area contributed by atoms with E-state index in [0.717, 1.165) is 32.5 Å². The minimum Gasteiger partial charge on any atom is -0.408 e. The summed E-state index contributed by atoms with van der Waals surface area (Å²) in [6.07, 6.45) is 3.39. The highest BCUT2D eigenvalue weighted by Crippen LogP contribution is 2.19. The van der Waals surface area contributed by atoms with Crippen molar-refractivity contribution in [1.82, 2.24) is 14.8 Å². The van der Waals surface area contributed by atoms with Crippen LogP contribution in [-0.4, -0.2) is 41.6 Å². The number of oxazole rings is 1. The van der Waals surface area contributed by atoms with Gasteiger partial charge in [-0.1, -0.05) is 18.5 Å². The van der Waals surface area contributed by atoms with Crippen molar-refractivity contribution in [2.24, 2.45) is 5.92 Å². The summed E-state index contributed by atoms with van der Waals surface area (Å²) < 4.78 is 6.49. The molecule has 1 amide bonds. The highest BCUT2D eigenvalue weighted by atomic mass is 35.5. The molecule has 2 aromatic rings. The lowest BCUT2D eigenvalue weighted by Gasteiger charge is -2.31. The largest absolute Gasteiger partial charge is 0.420 e. The standard InChI is InChI=1S/C18H24ClN3O3/c1-2-7-21-8-5-13(6-9-21)11-20-17(23)12-22-15-4-3-14(19)10-16(15)25-18(22)24/h3-4,10,13H,2,5-9,11-12H2,1H3,(H,20,23). The Kier molecular flexibility index (Phi) is 5.81. The van der Waals surface area contributed by atoms with E-state index in [-0.39, 0.29) is 12.5 Å². The first-order chi connectivity index (χ1) is 12.1. The molecular weight excluding hydrogens is 342 g/mol. The summed E-state index contributed by atoms with van der Waals surface area (Å²) >= 11 is 5.90. The molecule has 0 atom stereocenters. The van der Waals surface area contributed by atoms with Gasteiger partial charge >= 0.3 is 5.76 Å². The van der Waals surface area contributed by atoms with Crippen molar-refractivity contribution >= 4 is 28.6 Å². The molecule has 1 fully saturated rings. The number of halogens is 1. The van der Waals surface area contributed by atoms with Crippen LogP contribution in [0.5, 0.6) is 0 Å². The van der Waals surface area contributed by atoms with Crippen molar-refractivity contribution in [3.63, 3.8) is 0 Å². The van der Waals surface area contributed by atoms with Crippen molar-refractivity contribution in [2.75, 3.05) is 26.2 Å². The third kappa shape index (κ3) is 4.44. The van der Waals surface area contributed by atoms with Crippen LogP contribution in [0.1, 0.15) is 26.2 Å². The van der Waals surface area contributed by atoms with Crippen LogP contribution in [0, 0.1) is 5.92 Å². The molecule has 1 N–H and O–H groups in total. The summed E-state index contributed by atoms with van der Waals surface area (Å²) in [6.45, 7) is 6.17. The fourth-order valence-electron chi connectivity index (χ4n) is 3.38. The molecule has 0 saturated carbocycles. The topological polar surface area (TPSA) is 67.5 Å². The molecule has 6 nitrogen and oxygen atoms in total. The molecule has 1 aliphatic rings. The molecule has 3 rings (SSSR count). The monoisotopic (exact) mass is 365 g/mol. The Labute approximate surface area is 151 Å². The molecule has 0 bridgehead atoms. The van der Waals surface area contributed by atoms with E-state index in [4.69, 9.17) is 16.0 Å². The van der Waals surface area contributed by atoms with Crippen LogP contribution >= 0.6 is 11.6 Å². The molecule has 0 aliphatic carbocycles. The molecule has 0 radical (unpaired) electrons. The summed E-state index contributed by atoms with van der Waals surface area (Å²) in [7, 11) is 0. The fraction of sp³-hybridized carbons (Fsp3) is 0.556. The van der Waals surface area contributed by atoms with Crippen LogP contribution in [0.15, 0.2) is 27.4 Å². The third-order valence-corrected chi connectivity index (χ3v) is 5.00. The zero-order chi connectivity index (χ0) is 17.8. The Morgan fingerprint density at radius 2 is 2.12 bits per heavy atom. The Morgan fingerprint density at radius 1 is 1.36 bits per heavy atom. The maximum Gasteiger partial charge on any atom is 0.420 e. The molecule has 1 aromatic heterocycles. The lowest BCUT2D eigenvalue weighted by molar-refractivity contribution is -0.121. The average molecular weight is 366 g/mol. The summed E-state index contributed by atoms with van der Waals surface area (Å²) in [6, 6.07) is 4.95. The van der Waals surface area contributed by atoms with E-state index in [2.05, 4.69) is 17.1 Å². The maximum absolute atomic E-state index is 12.2. The summed E-state index contributed by atoms with van der Waals surface area (Å²) in [5.41, 5.74) is 0.978. The zero-order valence-electron chi connectivity index (χ0n) is 14.5. The number of amides is 1. The van der Waals surface area contributed by atoms with Gasteiger partial charge < -0.3 is 14.6 Å². The van der Waals surface area contributed by atoms with Gasteiger partial charge in [0.2, 0.25) is 5.91 Å². The number of piperidine rings is 1. The van der Waals surface area contributed by atoms with Gasteiger partial charge in [0.25, 0.3) is 0 Å².